The summed E-state index contributed by atoms with van der Waals surface area (Å²) in [6, 6.07) is 5.80. The third-order valence-electron chi connectivity index (χ3n) is 2.51. The van der Waals surface area contributed by atoms with Crippen LogP contribution in [-0.2, 0) is 6.54 Å². The summed E-state index contributed by atoms with van der Waals surface area (Å²) in [5, 5.41) is 4.23. The lowest BCUT2D eigenvalue weighted by Gasteiger charge is -2.19. The fourth-order valence-electron chi connectivity index (χ4n) is 1.70. The van der Waals surface area contributed by atoms with E-state index in [1.165, 1.54) is 11.3 Å². The highest BCUT2D eigenvalue weighted by atomic mass is 35.5. The highest BCUT2D eigenvalue weighted by Gasteiger charge is 2.11. The van der Waals surface area contributed by atoms with Crippen molar-refractivity contribution in [1.29, 1.82) is 0 Å². The Morgan fingerprint density at radius 1 is 1.28 bits per heavy atom. The molecule has 0 radical (unpaired) electrons. The van der Waals surface area contributed by atoms with Gasteiger partial charge in [-0.1, -0.05) is 11.6 Å². The first-order valence-electron chi connectivity index (χ1n) is 5.55. The van der Waals surface area contributed by atoms with Crippen molar-refractivity contribution < 1.29 is 9.47 Å². The highest BCUT2D eigenvalue weighted by Crippen LogP contribution is 2.32. The zero-order valence-corrected chi connectivity index (χ0v) is 11.1. The molecule has 2 heterocycles. The summed E-state index contributed by atoms with van der Waals surface area (Å²) in [5.74, 6) is 1.58. The van der Waals surface area contributed by atoms with Crippen LogP contribution >= 0.6 is 22.9 Å². The van der Waals surface area contributed by atoms with Crippen molar-refractivity contribution in [2.24, 2.45) is 0 Å². The predicted molar refractivity (Wildman–Crippen MR) is 71.9 cm³/mol. The van der Waals surface area contributed by atoms with Crippen LogP contribution in [0.2, 0.25) is 4.34 Å². The highest BCUT2D eigenvalue weighted by molar-refractivity contribution is 7.15. The molecule has 0 saturated carbocycles. The summed E-state index contributed by atoms with van der Waals surface area (Å²) >= 11 is 7.30. The molecule has 0 saturated heterocycles. The molecule has 1 aliphatic rings. The van der Waals surface area contributed by atoms with Crippen LogP contribution in [0, 0.1) is 0 Å². The lowest BCUT2D eigenvalue weighted by Crippen LogP contribution is -2.15. The normalized spacial score (nSPS) is 13.4. The van der Waals surface area contributed by atoms with Crippen LogP contribution in [0.5, 0.6) is 11.5 Å². The number of nitrogens with zero attached hydrogens (tertiary/aromatic N) is 1. The number of thiazole rings is 1. The van der Waals surface area contributed by atoms with E-state index < -0.39 is 0 Å². The second kappa shape index (κ2) is 5.04. The van der Waals surface area contributed by atoms with Crippen LogP contribution in [0.3, 0.4) is 0 Å². The first kappa shape index (κ1) is 11.6. The van der Waals surface area contributed by atoms with E-state index in [9.17, 15) is 0 Å². The Kier molecular flexibility index (Phi) is 3.25. The number of halogens is 1. The third kappa shape index (κ3) is 2.52. The Bertz CT molecular complexity index is 559. The molecule has 0 bridgehead atoms. The van der Waals surface area contributed by atoms with Crippen molar-refractivity contribution >= 4 is 28.6 Å². The van der Waals surface area contributed by atoms with Crippen LogP contribution < -0.4 is 14.8 Å². The van der Waals surface area contributed by atoms with E-state index in [1.807, 2.05) is 18.2 Å². The van der Waals surface area contributed by atoms with Crippen molar-refractivity contribution in [1.82, 2.24) is 4.98 Å². The molecule has 18 heavy (non-hydrogen) atoms. The fraction of sp³-hybridized carbons (Fsp3) is 0.250. The molecule has 0 spiro atoms. The fourth-order valence-corrected chi connectivity index (χ4v) is 2.60. The van der Waals surface area contributed by atoms with Crippen LogP contribution in [0.25, 0.3) is 0 Å². The molecule has 1 N–H and O–H groups in total. The number of benzene rings is 1. The molecule has 0 unspecified atom stereocenters. The topological polar surface area (TPSA) is 43.4 Å². The standard InChI is InChI=1S/C12H11ClN2O2S/c13-11-6-15-12(18-11)7-14-8-1-2-9-10(5-8)17-4-3-16-9/h1-2,5-6,14H,3-4,7H2. The largest absolute Gasteiger partial charge is 0.486 e. The lowest BCUT2D eigenvalue weighted by molar-refractivity contribution is 0.171. The molecule has 0 atom stereocenters. The van der Waals surface area contributed by atoms with E-state index in [2.05, 4.69) is 10.3 Å². The van der Waals surface area contributed by atoms with Crippen molar-refractivity contribution in [3.63, 3.8) is 0 Å². The van der Waals surface area contributed by atoms with Gasteiger partial charge in [-0.25, -0.2) is 4.98 Å². The number of hydrogen-bond acceptors (Lipinski definition) is 5. The monoisotopic (exact) mass is 282 g/mol. The Labute approximate surface area is 114 Å². The second-order valence-electron chi connectivity index (χ2n) is 3.77. The number of ether oxygens (including phenoxy) is 2. The summed E-state index contributed by atoms with van der Waals surface area (Å²) in [4.78, 5) is 4.19. The molecule has 3 rings (SSSR count). The molecule has 6 heteroatoms. The molecular formula is C12H11ClN2O2S. The molecule has 0 aliphatic carbocycles. The molecule has 4 nitrogen and oxygen atoms in total. The Morgan fingerprint density at radius 3 is 2.89 bits per heavy atom. The van der Waals surface area contributed by atoms with Gasteiger partial charge in [0.25, 0.3) is 0 Å². The van der Waals surface area contributed by atoms with Crippen molar-refractivity contribution in [2.75, 3.05) is 18.5 Å². The Hall–Kier alpha value is -1.46. The van der Waals surface area contributed by atoms with E-state index in [1.54, 1.807) is 6.20 Å². The van der Waals surface area contributed by atoms with E-state index >= 15 is 0 Å². The van der Waals surface area contributed by atoms with E-state index in [-0.39, 0.29) is 0 Å². The number of aromatic nitrogens is 1. The molecule has 0 amide bonds. The van der Waals surface area contributed by atoms with E-state index in [4.69, 9.17) is 21.1 Å². The van der Waals surface area contributed by atoms with Gasteiger partial charge in [0.05, 0.1) is 12.7 Å². The summed E-state index contributed by atoms with van der Waals surface area (Å²) < 4.78 is 11.7. The van der Waals surface area contributed by atoms with E-state index in [0.717, 1.165) is 22.2 Å². The number of nitrogens with one attached hydrogen (secondary N) is 1. The molecule has 1 aliphatic heterocycles. The summed E-state index contributed by atoms with van der Waals surface area (Å²) in [6.45, 7) is 1.85. The number of fused-ring (bicyclic) bond motifs is 1. The summed E-state index contributed by atoms with van der Waals surface area (Å²) in [5.41, 5.74) is 0.977. The molecule has 1 aromatic heterocycles. The second-order valence-corrected chi connectivity index (χ2v) is 5.52. The minimum absolute atomic E-state index is 0.596. The van der Waals surface area contributed by atoms with Gasteiger partial charge in [-0.2, -0.15) is 0 Å². The third-order valence-corrected chi connectivity index (χ3v) is 3.63. The lowest BCUT2D eigenvalue weighted by atomic mass is 10.2. The number of anilines is 1. The van der Waals surface area contributed by atoms with Gasteiger partial charge < -0.3 is 14.8 Å². The molecular weight excluding hydrogens is 272 g/mol. The maximum atomic E-state index is 5.83. The van der Waals surface area contributed by atoms with Gasteiger partial charge in [0.15, 0.2) is 11.5 Å². The van der Waals surface area contributed by atoms with E-state index in [0.29, 0.717) is 24.1 Å². The Morgan fingerprint density at radius 2 is 2.11 bits per heavy atom. The van der Waals surface area contributed by atoms with Crippen LogP contribution in [0.4, 0.5) is 5.69 Å². The van der Waals surface area contributed by atoms with Gasteiger partial charge in [-0.3, -0.25) is 0 Å². The maximum absolute atomic E-state index is 5.83. The van der Waals surface area contributed by atoms with Gasteiger partial charge >= 0.3 is 0 Å². The van der Waals surface area contributed by atoms with Gasteiger partial charge in [0.1, 0.15) is 22.6 Å². The first-order valence-corrected chi connectivity index (χ1v) is 6.74. The maximum Gasteiger partial charge on any atom is 0.163 e. The van der Waals surface area contributed by atoms with Crippen molar-refractivity contribution in [2.45, 2.75) is 6.54 Å². The van der Waals surface area contributed by atoms with Gasteiger partial charge in [-0.05, 0) is 12.1 Å². The van der Waals surface area contributed by atoms with Crippen LogP contribution in [0.15, 0.2) is 24.4 Å². The quantitative estimate of drug-likeness (QED) is 0.939. The summed E-state index contributed by atoms with van der Waals surface area (Å²) in [6.07, 6.45) is 1.66. The first-order chi connectivity index (χ1) is 8.81. The van der Waals surface area contributed by atoms with Crippen LogP contribution in [0.1, 0.15) is 5.01 Å². The number of hydrogen-bond donors (Lipinski definition) is 1. The van der Waals surface area contributed by atoms with Crippen molar-refractivity contribution in [3.05, 3.63) is 33.7 Å². The zero-order valence-electron chi connectivity index (χ0n) is 9.48. The van der Waals surface area contributed by atoms with Crippen LogP contribution in [-0.4, -0.2) is 18.2 Å². The minimum Gasteiger partial charge on any atom is -0.486 e. The van der Waals surface area contributed by atoms with Gasteiger partial charge in [0.2, 0.25) is 0 Å². The predicted octanol–water partition coefficient (Wildman–Crippen LogP) is 3.18. The average Bonchev–Trinajstić information content (AvgIpc) is 2.82. The molecule has 2 aromatic rings. The van der Waals surface area contributed by atoms with Gasteiger partial charge in [-0.15, -0.1) is 11.3 Å². The zero-order chi connectivity index (χ0) is 12.4. The minimum atomic E-state index is 0.596. The average molecular weight is 283 g/mol. The SMILES string of the molecule is Clc1cnc(CNc2ccc3c(c2)OCCO3)s1. The molecule has 1 aromatic carbocycles. The molecule has 94 valence electrons. The van der Waals surface area contributed by atoms with Gasteiger partial charge in [0, 0.05) is 11.8 Å². The van der Waals surface area contributed by atoms with Crippen molar-refractivity contribution in [3.8, 4) is 11.5 Å². The summed E-state index contributed by atoms with van der Waals surface area (Å²) in [7, 11) is 0. The molecule has 0 fully saturated rings. The Balaban J connectivity index is 1.69. The smallest absolute Gasteiger partial charge is 0.163 e. The number of rotatable bonds is 3.